The van der Waals surface area contributed by atoms with Crippen molar-refractivity contribution in [2.75, 3.05) is 6.61 Å². The van der Waals surface area contributed by atoms with Gasteiger partial charge in [0.1, 0.15) is 10.7 Å². The molecule has 2 aromatic heterocycles. The van der Waals surface area contributed by atoms with Gasteiger partial charge in [-0.25, -0.2) is 4.98 Å². The average molecular weight is 296 g/mol. The van der Waals surface area contributed by atoms with E-state index < -0.39 is 5.54 Å². The predicted octanol–water partition coefficient (Wildman–Crippen LogP) is 2.76. The maximum Gasteiger partial charge on any atom is 0.271 e. The number of carbonyl (C=O) groups is 1. The molecular formula is C13H16N2O2S2. The van der Waals surface area contributed by atoms with Crippen LogP contribution < -0.4 is 5.32 Å². The molecule has 19 heavy (non-hydrogen) atoms. The summed E-state index contributed by atoms with van der Waals surface area (Å²) in [6, 6.07) is 1.99. The Morgan fingerprint density at radius 2 is 2.26 bits per heavy atom. The molecule has 0 aliphatic carbocycles. The van der Waals surface area contributed by atoms with E-state index >= 15 is 0 Å². The fourth-order valence-electron chi connectivity index (χ4n) is 1.61. The first-order valence-corrected chi connectivity index (χ1v) is 7.75. The second-order valence-corrected chi connectivity index (χ2v) is 6.50. The summed E-state index contributed by atoms with van der Waals surface area (Å²) in [4.78, 5) is 16.4. The molecule has 2 N–H and O–H groups in total. The van der Waals surface area contributed by atoms with E-state index in [1.807, 2.05) is 30.7 Å². The maximum absolute atomic E-state index is 12.1. The molecule has 0 fully saturated rings. The summed E-state index contributed by atoms with van der Waals surface area (Å²) < 4.78 is 0. The van der Waals surface area contributed by atoms with E-state index in [-0.39, 0.29) is 12.5 Å². The van der Waals surface area contributed by atoms with Crippen LogP contribution in [0.2, 0.25) is 0 Å². The summed E-state index contributed by atoms with van der Waals surface area (Å²) in [5, 5.41) is 18.4. The zero-order valence-electron chi connectivity index (χ0n) is 10.8. The van der Waals surface area contributed by atoms with Crippen LogP contribution in [-0.2, 0) is 0 Å². The number of aromatic nitrogens is 1. The Morgan fingerprint density at radius 1 is 1.47 bits per heavy atom. The van der Waals surface area contributed by atoms with Gasteiger partial charge in [0, 0.05) is 28.5 Å². The van der Waals surface area contributed by atoms with Crippen LogP contribution in [0.4, 0.5) is 0 Å². The van der Waals surface area contributed by atoms with Gasteiger partial charge in [-0.1, -0.05) is 0 Å². The van der Waals surface area contributed by atoms with E-state index in [0.717, 1.165) is 10.6 Å². The first-order chi connectivity index (χ1) is 9.02. The van der Waals surface area contributed by atoms with Gasteiger partial charge in [0.2, 0.25) is 0 Å². The van der Waals surface area contributed by atoms with Gasteiger partial charge >= 0.3 is 0 Å². The highest BCUT2D eigenvalue weighted by Crippen LogP contribution is 2.25. The van der Waals surface area contributed by atoms with Gasteiger partial charge < -0.3 is 10.4 Å². The molecule has 0 aliphatic heterocycles. The summed E-state index contributed by atoms with van der Waals surface area (Å²) in [7, 11) is 0. The van der Waals surface area contributed by atoms with Crippen LogP contribution in [0.25, 0.3) is 10.6 Å². The molecule has 0 saturated carbocycles. The van der Waals surface area contributed by atoms with Crippen molar-refractivity contribution in [3.05, 3.63) is 27.9 Å². The molecule has 0 saturated heterocycles. The Labute approximate surface area is 120 Å². The number of aliphatic hydroxyl groups is 1. The fourth-order valence-corrected chi connectivity index (χ4v) is 3.12. The van der Waals surface area contributed by atoms with Crippen molar-refractivity contribution in [2.45, 2.75) is 25.8 Å². The summed E-state index contributed by atoms with van der Waals surface area (Å²) >= 11 is 3.07. The van der Waals surface area contributed by atoms with Crippen molar-refractivity contribution in [1.82, 2.24) is 10.3 Å². The van der Waals surface area contributed by atoms with Gasteiger partial charge in [-0.05, 0) is 31.7 Å². The number of nitrogens with zero attached hydrogens (tertiary/aromatic N) is 1. The lowest BCUT2D eigenvalue weighted by Gasteiger charge is -2.24. The highest BCUT2D eigenvalue weighted by Gasteiger charge is 2.22. The second kappa shape index (κ2) is 5.81. The maximum atomic E-state index is 12.1. The van der Waals surface area contributed by atoms with Crippen LogP contribution >= 0.6 is 22.7 Å². The number of hydrogen-bond acceptors (Lipinski definition) is 5. The van der Waals surface area contributed by atoms with Crippen LogP contribution in [0.5, 0.6) is 0 Å². The molecule has 1 amide bonds. The summed E-state index contributed by atoms with van der Waals surface area (Å²) in [6.45, 7) is 3.81. The Bertz CT molecular complexity index is 547. The summed E-state index contributed by atoms with van der Waals surface area (Å²) in [5.74, 6) is -0.198. The molecule has 2 heterocycles. The molecule has 6 heteroatoms. The molecule has 0 radical (unpaired) electrons. The Hall–Kier alpha value is -1.24. The fraction of sp³-hybridized carbons (Fsp3) is 0.385. The van der Waals surface area contributed by atoms with Gasteiger partial charge in [-0.15, -0.1) is 11.3 Å². The van der Waals surface area contributed by atoms with Crippen LogP contribution in [0, 0.1) is 0 Å². The number of aliphatic hydroxyl groups excluding tert-OH is 1. The van der Waals surface area contributed by atoms with E-state index in [2.05, 4.69) is 10.3 Å². The third kappa shape index (κ3) is 3.62. The molecule has 102 valence electrons. The van der Waals surface area contributed by atoms with Gasteiger partial charge in [0.15, 0.2) is 0 Å². The van der Waals surface area contributed by atoms with Crippen LogP contribution in [-0.4, -0.2) is 28.1 Å². The van der Waals surface area contributed by atoms with Crippen molar-refractivity contribution in [3.8, 4) is 10.6 Å². The predicted molar refractivity (Wildman–Crippen MR) is 78.7 cm³/mol. The third-order valence-corrected chi connectivity index (χ3v) is 4.27. The number of amides is 1. The molecular weight excluding hydrogens is 280 g/mol. The normalized spacial score (nSPS) is 11.5. The number of nitrogens with one attached hydrogen (secondary N) is 1. The van der Waals surface area contributed by atoms with Crippen LogP contribution in [0.1, 0.15) is 30.8 Å². The zero-order valence-corrected chi connectivity index (χ0v) is 12.5. The minimum Gasteiger partial charge on any atom is -0.396 e. The van der Waals surface area contributed by atoms with E-state index in [9.17, 15) is 4.79 Å². The molecule has 0 aliphatic rings. The molecule has 0 atom stereocenters. The molecule has 4 nitrogen and oxygen atoms in total. The van der Waals surface area contributed by atoms with Crippen molar-refractivity contribution < 1.29 is 9.90 Å². The smallest absolute Gasteiger partial charge is 0.271 e. The topological polar surface area (TPSA) is 62.2 Å². The molecule has 0 aromatic carbocycles. The van der Waals surface area contributed by atoms with Crippen LogP contribution in [0.3, 0.4) is 0 Å². The number of hydrogen-bond donors (Lipinski definition) is 2. The number of thiazole rings is 1. The quantitative estimate of drug-likeness (QED) is 0.892. The molecule has 0 bridgehead atoms. The minimum absolute atomic E-state index is 0.0461. The first kappa shape index (κ1) is 14.2. The Kier molecular flexibility index (Phi) is 4.34. The zero-order chi connectivity index (χ0) is 13.9. The summed E-state index contributed by atoms with van der Waals surface area (Å²) in [5.41, 5.74) is 1.04. The SMILES string of the molecule is CC(C)(CCO)NC(=O)c1csc(-c2ccsc2)n1. The van der Waals surface area contributed by atoms with E-state index in [0.29, 0.717) is 12.1 Å². The molecule has 0 unspecified atom stereocenters. The van der Waals surface area contributed by atoms with E-state index in [1.54, 1.807) is 16.7 Å². The van der Waals surface area contributed by atoms with E-state index in [1.165, 1.54) is 11.3 Å². The first-order valence-electron chi connectivity index (χ1n) is 5.93. The van der Waals surface area contributed by atoms with Gasteiger partial charge in [-0.2, -0.15) is 11.3 Å². The lowest BCUT2D eigenvalue weighted by atomic mass is 10.0. The van der Waals surface area contributed by atoms with Gasteiger partial charge in [0.25, 0.3) is 5.91 Å². The highest BCUT2D eigenvalue weighted by molar-refractivity contribution is 7.14. The largest absolute Gasteiger partial charge is 0.396 e. The second-order valence-electron chi connectivity index (χ2n) is 4.86. The minimum atomic E-state index is -0.433. The monoisotopic (exact) mass is 296 g/mol. The third-order valence-electron chi connectivity index (χ3n) is 2.69. The number of rotatable bonds is 5. The Balaban J connectivity index is 2.08. The lowest BCUT2D eigenvalue weighted by Crippen LogP contribution is -2.44. The molecule has 0 spiro atoms. The van der Waals surface area contributed by atoms with E-state index in [4.69, 9.17) is 5.11 Å². The number of thiophene rings is 1. The van der Waals surface area contributed by atoms with Crippen molar-refractivity contribution in [1.29, 1.82) is 0 Å². The van der Waals surface area contributed by atoms with Gasteiger partial charge in [0.05, 0.1) is 0 Å². The van der Waals surface area contributed by atoms with Crippen molar-refractivity contribution in [3.63, 3.8) is 0 Å². The molecule has 2 aromatic rings. The van der Waals surface area contributed by atoms with Gasteiger partial charge in [-0.3, -0.25) is 4.79 Å². The summed E-state index contributed by atoms with van der Waals surface area (Å²) in [6.07, 6.45) is 0.514. The number of carbonyl (C=O) groups excluding carboxylic acids is 1. The lowest BCUT2D eigenvalue weighted by molar-refractivity contribution is 0.0895. The molecule has 2 rings (SSSR count). The highest BCUT2D eigenvalue weighted by atomic mass is 32.1. The van der Waals surface area contributed by atoms with Crippen molar-refractivity contribution >= 4 is 28.6 Å². The standard InChI is InChI=1S/C13H16N2O2S2/c1-13(2,4-5-16)15-11(17)10-8-19-12(14-10)9-3-6-18-7-9/h3,6-8,16H,4-5H2,1-2H3,(H,15,17). The Morgan fingerprint density at radius 3 is 2.89 bits per heavy atom. The average Bonchev–Trinajstić information content (AvgIpc) is 2.99. The van der Waals surface area contributed by atoms with Crippen LogP contribution in [0.15, 0.2) is 22.2 Å². The van der Waals surface area contributed by atoms with Crippen molar-refractivity contribution in [2.24, 2.45) is 0 Å².